The molecule has 9 heteroatoms. The molecular formula is C24H30F2N4O3. The summed E-state index contributed by atoms with van der Waals surface area (Å²) in [5, 5.41) is 12.5. The lowest BCUT2D eigenvalue weighted by Gasteiger charge is -2.33. The second-order valence-electron chi connectivity index (χ2n) is 9.50. The summed E-state index contributed by atoms with van der Waals surface area (Å²) in [4.78, 5) is 19.8. The van der Waals surface area contributed by atoms with Crippen LogP contribution in [-0.2, 0) is 4.74 Å². The fourth-order valence-corrected chi connectivity index (χ4v) is 3.38. The molecule has 33 heavy (non-hydrogen) atoms. The third-order valence-electron chi connectivity index (χ3n) is 4.47. The fraction of sp³-hybridized carbons (Fsp3) is 0.500. The van der Waals surface area contributed by atoms with Crippen LogP contribution in [0.1, 0.15) is 65.8 Å². The number of alkyl halides is 2. The van der Waals surface area contributed by atoms with Crippen molar-refractivity contribution in [2.24, 2.45) is 5.92 Å². The minimum Gasteiger partial charge on any atom is -0.490 e. The number of hydrogen-bond acceptors (Lipinski definition) is 6. The van der Waals surface area contributed by atoms with Gasteiger partial charge in [-0.3, -0.25) is 0 Å². The van der Waals surface area contributed by atoms with Crippen molar-refractivity contribution >= 4 is 6.09 Å². The van der Waals surface area contributed by atoms with Crippen LogP contribution in [0.15, 0.2) is 30.5 Å². The summed E-state index contributed by atoms with van der Waals surface area (Å²) in [7, 11) is 0. The first-order chi connectivity index (χ1) is 15.3. The van der Waals surface area contributed by atoms with Gasteiger partial charge >= 0.3 is 6.09 Å². The first-order valence-electron chi connectivity index (χ1n) is 10.6. The van der Waals surface area contributed by atoms with Gasteiger partial charge in [-0.25, -0.2) is 23.5 Å². The molecule has 0 bridgehead atoms. The van der Waals surface area contributed by atoms with Gasteiger partial charge in [-0.05, 0) is 64.3 Å². The molecule has 1 aromatic heterocycles. The third kappa shape index (κ3) is 7.97. The maximum absolute atomic E-state index is 12.9. The number of benzene rings is 1. The highest BCUT2D eigenvalue weighted by Gasteiger charge is 2.31. The molecule has 0 aliphatic carbocycles. The lowest BCUT2D eigenvalue weighted by molar-refractivity contribution is 0.0408. The van der Waals surface area contributed by atoms with E-state index < -0.39 is 29.5 Å². The van der Waals surface area contributed by atoms with E-state index in [0.717, 1.165) is 0 Å². The average Bonchev–Trinajstić information content (AvgIpc) is 2.70. The Bertz CT molecular complexity index is 1020. The smallest absolute Gasteiger partial charge is 0.408 e. The van der Waals surface area contributed by atoms with Crippen LogP contribution in [0, 0.1) is 17.2 Å². The molecule has 0 unspecified atom stereocenters. The number of carbonyl (C=O) groups excluding carboxylic acids is 1. The summed E-state index contributed by atoms with van der Waals surface area (Å²) < 4.78 is 37.2. The number of alkyl carbamates (subject to hydrolysis) is 1. The Morgan fingerprint density at radius 1 is 1.21 bits per heavy atom. The largest absolute Gasteiger partial charge is 0.490 e. The Hall–Kier alpha value is -3.28. The van der Waals surface area contributed by atoms with Crippen molar-refractivity contribution < 1.29 is 23.0 Å². The van der Waals surface area contributed by atoms with E-state index in [9.17, 15) is 18.8 Å². The standard InChI is InChI=1S/C24H30F2N4O3/c1-15(2)12-24(6,30-22(31)33-23(3,4)5)14-32-19-8-7-16(11-17(19)13-27)18-9-10-28-21(29-18)20(25)26/h7-11,15,20H,12,14H2,1-6H3,(H,30,31)/t24-/m0/s1. The van der Waals surface area contributed by atoms with Gasteiger partial charge in [0.15, 0.2) is 5.82 Å². The van der Waals surface area contributed by atoms with Gasteiger partial charge in [-0.2, -0.15) is 5.26 Å². The van der Waals surface area contributed by atoms with Crippen LogP contribution in [0.4, 0.5) is 13.6 Å². The molecule has 1 atom stereocenters. The summed E-state index contributed by atoms with van der Waals surface area (Å²) in [5.41, 5.74) is -0.409. The van der Waals surface area contributed by atoms with Crippen LogP contribution in [0.5, 0.6) is 5.75 Å². The zero-order valence-corrected chi connectivity index (χ0v) is 19.8. The molecule has 0 fully saturated rings. The molecule has 7 nitrogen and oxygen atoms in total. The van der Waals surface area contributed by atoms with Gasteiger partial charge < -0.3 is 14.8 Å². The Labute approximate surface area is 193 Å². The van der Waals surface area contributed by atoms with E-state index in [0.29, 0.717) is 17.7 Å². The molecule has 0 saturated carbocycles. The van der Waals surface area contributed by atoms with Crippen molar-refractivity contribution in [3.05, 3.63) is 41.9 Å². The minimum absolute atomic E-state index is 0.0987. The van der Waals surface area contributed by atoms with E-state index in [-0.39, 0.29) is 23.8 Å². The van der Waals surface area contributed by atoms with Crippen molar-refractivity contribution in [3.8, 4) is 23.1 Å². The molecule has 0 aliphatic heterocycles. The van der Waals surface area contributed by atoms with Gasteiger partial charge in [0.25, 0.3) is 6.43 Å². The van der Waals surface area contributed by atoms with Crippen LogP contribution in [-0.4, -0.2) is 33.8 Å². The van der Waals surface area contributed by atoms with Gasteiger partial charge in [0.2, 0.25) is 0 Å². The van der Waals surface area contributed by atoms with Crippen LogP contribution in [0.25, 0.3) is 11.3 Å². The van der Waals surface area contributed by atoms with E-state index in [1.165, 1.54) is 18.3 Å². The van der Waals surface area contributed by atoms with Crippen LogP contribution in [0.2, 0.25) is 0 Å². The number of hydrogen-bond donors (Lipinski definition) is 1. The molecule has 1 amide bonds. The molecule has 1 N–H and O–H groups in total. The van der Waals surface area contributed by atoms with Crippen LogP contribution >= 0.6 is 0 Å². The number of nitriles is 1. The monoisotopic (exact) mass is 460 g/mol. The van der Waals surface area contributed by atoms with Gasteiger partial charge in [0.1, 0.15) is 24.0 Å². The Morgan fingerprint density at radius 3 is 2.48 bits per heavy atom. The third-order valence-corrected chi connectivity index (χ3v) is 4.47. The summed E-state index contributed by atoms with van der Waals surface area (Å²) in [6, 6.07) is 8.30. The molecule has 0 aliphatic rings. The number of ether oxygens (including phenoxy) is 2. The minimum atomic E-state index is -2.79. The lowest BCUT2D eigenvalue weighted by Crippen LogP contribution is -2.52. The van der Waals surface area contributed by atoms with E-state index in [1.54, 1.807) is 32.9 Å². The average molecular weight is 461 g/mol. The van der Waals surface area contributed by atoms with Crippen LogP contribution < -0.4 is 10.1 Å². The molecule has 0 radical (unpaired) electrons. The maximum atomic E-state index is 12.9. The number of nitrogens with zero attached hydrogens (tertiary/aromatic N) is 3. The molecule has 0 saturated heterocycles. The Kier molecular flexibility index (Phi) is 8.31. The van der Waals surface area contributed by atoms with E-state index in [1.807, 2.05) is 20.8 Å². The van der Waals surface area contributed by atoms with Crippen molar-refractivity contribution in [2.45, 2.75) is 65.5 Å². The van der Waals surface area contributed by atoms with Crippen molar-refractivity contribution in [2.75, 3.05) is 6.61 Å². The number of rotatable bonds is 8. The number of aromatic nitrogens is 2. The zero-order valence-electron chi connectivity index (χ0n) is 19.8. The predicted molar refractivity (Wildman–Crippen MR) is 120 cm³/mol. The van der Waals surface area contributed by atoms with E-state index in [2.05, 4.69) is 21.4 Å². The van der Waals surface area contributed by atoms with Gasteiger partial charge in [-0.15, -0.1) is 0 Å². The second kappa shape index (κ2) is 10.6. The first kappa shape index (κ1) is 26.0. The quantitative estimate of drug-likeness (QED) is 0.546. The van der Waals surface area contributed by atoms with Crippen LogP contribution in [0.3, 0.4) is 0 Å². The molecular weight excluding hydrogens is 430 g/mol. The maximum Gasteiger partial charge on any atom is 0.408 e. The number of nitrogens with one attached hydrogen (secondary N) is 1. The molecule has 1 heterocycles. The highest BCUT2D eigenvalue weighted by Crippen LogP contribution is 2.28. The summed E-state index contributed by atoms with van der Waals surface area (Å²) in [6.45, 7) is 11.4. The summed E-state index contributed by atoms with van der Waals surface area (Å²) in [6.07, 6.45) is -1.48. The normalized spacial score (nSPS) is 13.4. The van der Waals surface area contributed by atoms with Crippen molar-refractivity contribution in [1.82, 2.24) is 15.3 Å². The molecule has 1 aromatic carbocycles. The van der Waals surface area contributed by atoms with Crippen molar-refractivity contribution in [1.29, 1.82) is 5.26 Å². The second-order valence-corrected chi connectivity index (χ2v) is 9.50. The topological polar surface area (TPSA) is 97.1 Å². The van der Waals surface area contributed by atoms with E-state index in [4.69, 9.17) is 9.47 Å². The molecule has 0 spiro atoms. The zero-order chi connectivity index (χ0) is 24.8. The molecule has 2 aromatic rings. The molecule has 178 valence electrons. The van der Waals surface area contributed by atoms with E-state index >= 15 is 0 Å². The number of amides is 1. The predicted octanol–water partition coefficient (Wildman–Crippen LogP) is 5.66. The molecule has 2 rings (SSSR count). The number of halogens is 2. The lowest BCUT2D eigenvalue weighted by atomic mass is 9.91. The van der Waals surface area contributed by atoms with Gasteiger partial charge in [0.05, 0.1) is 16.8 Å². The van der Waals surface area contributed by atoms with Gasteiger partial charge in [-0.1, -0.05) is 13.8 Å². The number of carbonyl (C=O) groups is 1. The first-order valence-corrected chi connectivity index (χ1v) is 10.6. The highest BCUT2D eigenvalue weighted by atomic mass is 19.3. The SMILES string of the molecule is CC(C)C[C@@](C)(COc1ccc(-c2ccnc(C(F)F)n2)cc1C#N)NC(=O)OC(C)(C)C. The summed E-state index contributed by atoms with van der Waals surface area (Å²) >= 11 is 0. The highest BCUT2D eigenvalue weighted by molar-refractivity contribution is 5.69. The van der Waals surface area contributed by atoms with Crippen molar-refractivity contribution in [3.63, 3.8) is 0 Å². The Morgan fingerprint density at radius 2 is 1.91 bits per heavy atom. The fourth-order valence-electron chi connectivity index (χ4n) is 3.38. The Balaban J connectivity index is 2.23. The summed E-state index contributed by atoms with van der Waals surface area (Å²) in [5.74, 6) is -0.0116. The van der Waals surface area contributed by atoms with Gasteiger partial charge in [0, 0.05) is 11.8 Å².